The lowest BCUT2D eigenvalue weighted by Crippen LogP contribution is -2.12. The highest BCUT2D eigenvalue weighted by molar-refractivity contribution is 7.48. The van der Waals surface area contributed by atoms with Gasteiger partial charge in [-0.2, -0.15) is 4.80 Å². The lowest BCUT2D eigenvalue weighted by Gasteiger charge is -2.15. The third kappa shape index (κ3) is 5.90. The number of benzene rings is 1. The van der Waals surface area contributed by atoms with E-state index in [2.05, 4.69) is 10.2 Å². The van der Waals surface area contributed by atoms with Crippen molar-refractivity contribution >= 4 is 25.3 Å². The molecule has 0 radical (unpaired) electrons. The molecule has 0 amide bonds. The molecule has 1 aromatic carbocycles. The van der Waals surface area contributed by atoms with Gasteiger partial charge < -0.3 is 14.6 Å². The van der Waals surface area contributed by atoms with E-state index < -0.39 is 53.9 Å². The van der Waals surface area contributed by atoms with E-state index in [0.29, 0.717) is 4.80 Å². The van der Waals surface area contributed by atoms with Crippen LogP contribution in [-0.2, 0) is 24.9 Å². The van der Waals surface area contributed by atoms with Gasteiger partial charge in [0.25, 0.3) is 5.69 Å². The van der Waals surface area contributed by atoms with Gasteiger partial charge in [0.2, 0.25) is 11.5 Å². The Morgan fingerprint density at radius 1 is 1.06 bits per heavy atom. The number of carboxylic acid groups (broad SMARTS) is 1. The van der Waals surface area contributed by atoms with Gasteiger partial charge in [-0.15, -0.1) is 10.2 Å². The molecule has 180 valence electrons. The molecule has 0 spiro atoms. The summed E-state index contributed by atoms with van der Waals surface area (Å²) in [6.07, 6.45) is 0. The summed E-state index contributed by atoms with van der Waals surface area (Å²) in [6, 6.07) is 1.99. The van der Waals surface area contributed by atoms with Crippen molar-refractivity contribution in [3.63, 3.8) is 0 Å². The maximum absolute atomic E-state index is 13.1. The van der Waals surface area contributed by atoms with Crippen LogP contribution in [0.25, 0.3) is 0 Å². The highest BCUT2D eigenvalue weighted by Gasteiger charge is 2.32. The number of aromatic nitrogens is 3. The zero-order valence-corrected chi connectivity index (χ0v) is 18.9. The predicted octanol–water partition coefficient (Wildman–Crippen LogP) is 2.29. The molecule has 0 fully saturated rings. The van der Waals surface area contributed by atoms with Crippen molar-refractivity contribution in [2.45, 2.75) is 20.6 Å². The summed E-state index contributed by atoms with van der Waals surface area (Å²) >= 11 is 0. The molecule has 15 nitrogen and oxygen atoms in total. The number of methoxy groups -OCH3 is 2. The number of aromatic carboxylic acids is 1. The van der Waals surface area contributed by atoms with Crippen LogP contribution < -0.4 is 9.47 Å². The maximum Gasteiger partial charge on any atom is 0.476 e. The summed E-state index contributed by atoms with van der Waals surface area (Å²) in [5, 5.41) is 28.3. The molecule has 0 saturated heterocycles. The molecule has 0 aliphatic carbocycles. The van der Waals surface area contributed by atoms with Gasteiger partial charge in [0, 0.05) is 6.07 Å². The zero-order chi connectivity index (χ0) is 24.8. The SMILES string of the molecule is CCOP(=O)(OCC)OCn1nc(C(=O)O)c(C(=O)c2cc(OC)c(OC)cc2[N+](=O)[O-])n1. The minimum Gasteiger partial charge on any atom is -0.493 e. The number of nitro groups is 1. The Hall–Kier alpha value is -3.39. The molecule has 1 aromatic heterocycles. The highest BCUT2D eigenvalue weighted by Crippen LogP contribution is 2.49. The van der Waals surface area contributed by atoms with Gasteiger partial charge in [-0.3, -0.25) is 28.5 Å². The Labute approximate surface area is 186 Å². The summed E-state index contributed by atoms with van der Waals surface area (Å²) in [7, 11) is -1.49. The minimum absolute atomic E-state index is 0.00308. The van der Waals surface area contributed by atoms with E-state index in [1.807, 2.05) is 0 Å². The van der Waals surface area contributed by atoms with Crippen LogP contribution in [0, 0.1) is 10.1 Å². The third-order valence-electron chi connectivity index (χ3n) is 3.92. The number of nitro benzene ring substituents is 1. The van der Waals surface area contributed by atoms with Gasteiger partial charge in [0.15, 0.2) is 23.9 Å². The minimum atomic E-state index is -3.99. The molecule has 0 bridgehead atoms. The van der Waals surface area contributed by atoms with E-state index in [1.165, 1.54) is 14.2 Å². The van der Waals surface area contributed by atoms with Crippen LogP contribution in [0.1, 0.15) is 40.4 Å². The highest BCUT2D eigenvalue weighted by atomic mass is 31.2. The fourth-order valence-electron chi connectivity index (χ4n) is 2.58. The van der Waals surface area contributed by atoms with Gasteiger partial charge in [-0.25, -0.2) is 9.36 Å². The molecule has 0 aliphatic rings. The van der Waals surface area contributed by atoms with Gasteiger partial charge in [-0.1, -0.05) is 0 Å². The number of rotatable bonds is 13. The van der Waals surface area contributed by atoms with Crippen LogP contribution in [0.2, 0.25) is 0 Å². The molecule has 0 atom stereocenters. The van der Waals surface area contributed by atoms with Crippen LogP contribution in [0.4, 0.5) is 5.69 Å². The van der Waals surface area contributed by atoms with Crippen LogP contribution in [0.5, 0.6) is 11.5 Å². The van der Waals surface area contributed by atoms with Crippen LogP contribution >= 0.6 is 7.82 Å². The Kier molecular flexibility index (Phi) is 8.59. The zero-order valence-electron chi connectivity index (χ0n) is 18.0. The second-order valence-electron chi connectivity index (χ2n) is 5.93. The molecular weight excluding hydrogens is 467 g/mol. The lowest BCUT2D eigenvalue weighted by molar-refractivity contribution is -0.385. The average molecular weight is 488 g/mol. The first-order valence-corrected chi connectivity index (χ1v) is 10.7. The number of nitrogens with zero attached hydrogens (tertiary/aromatic N) is 4. The van der Waals surface area contributed by atoms with Crippen molar-refractivity contribution < 1.29 is 47.2 Å². The number of carboxylic acids is 1. The normalized spacial score (nSPS) is 11.3. The van der Waals surface area contributed by atoms with Gasteiger partial charge in [0.05, 0.1) is 38.4 Å². The topological polar surface area (TPSA) is 191 Å². The predicted molar refractivity (Wildman–Crippen MR) is 109 cm³/mol. The first-order valence-electron chi connectivity index (χ1n) is 9.27. The Morgan fingerprint density at radius 3 is 2.09 bits per heavy atom. The number of hydrogen-bond donors (Lipinski definition) is 1. The summed E-state index contributed by atoms with van der Waals surface area (Å²) < 4.78 is 37.4. The number of ketones is 1. The standard InChI is InChI=1S/C17H21N4O11P/c1-5-30-33(27,31-6-2)32-9-20-18-14(15(19-20)17(23)24)16(22)10-7-12(28-3)13(29-4)8-11(10)21(25)26/h7-8H,5-6,9H2,1-4H3,(H,23,24). The molecule has 0 saturated carbocycles. The van der Waals surface area contributed by atoms with Gasteiger partial charge in [-0.05, 0) is 13.8 Å². The first kappa shape index (κ1) is 25.9. The third-order valence-corrected chi connectivity index (χ3v) is 5.50. The van der Waals surface area contributed by atoms with Crippen molar-refractivity contribution in [3.8, 4) is 11.5 Å². The van der Waals surface area contributed by atoms with E-state index in [0.717, 1.165) is 12.1 Å². The summed E-state index contributed by atoms with van der Waals surface area (Å²) in [5.74, 6) is -2.78. The van der Waals surface area contributed by atoms with Crippen molar-refractivity contribution in [1.29, 1.82) is 0 Å². The first-order chi connectivity index (χ1) is 15.6. The molecule has 1 N–H and O–H groups in total. The Morgan fingerprint density at radius 2 is 1.61 bits per heavy atom. The van der Waals surface area contributed by atoms with Gasteiger partial charge >= 0.3 is 13.8 Å². The van der Waals surface area contributed by atoms with Gasteiger partial charge in [0.1, 0.15) is 5.56 Å². The number of ether oxygens (including phenoxy) is 2. The van der Waals surface area contributed by atoms with Crippen LogP contribution in [-0.4, -0.2) is 64.2 Å². The fourth-order valence-corrected chi connectivity index (χ4v) is 3.68. The molecule has 1 heterocycles. The number of carbonyl (C=O) groups is 2. The summed E-state index contributed by atoms with van der Waals surface area (Å²) in [5.41, 5.74) is -2.71. The second kappa shape index (κ2) is 11.0. The summed E-state index contributed by atoms with van der Waals surface area (Å²) in [4.78, 5) is 36.0. The largest absolute Gasteiger partial charge is 0.493 e. The van der Waals surface area contributed by atoms with E-state index in [9.17, 15) is 29.4 Å². The number of carbonyl (C=O) groups excluding carboxylic acids is 1. The van der Waals surface area contributed by atoms with E-state index in [4.69, 9.17) is 23.0 Å². The smallest absolute Gasteiger partial charge is 0.476 e. The van der Waals surface area contributed by atoms with Crippen molar-refractivity contribution in [2.75, 3.05) is 27.4 Å². The monoisotopic (exact) mass is 488 g/mol. The van der Waals surface area contributed by atoms with E-state index >= 15 is 0 Å². The molecule has 0 unspecified atom stereocenters. The van der Waals surface area contributed by atoms with E-state index in [1.54, 1.807) is 13.8 Å². The second-order valence-corrected chi connectivity index (χ2v) is 7.60. The molecule has 33 heavy (non-hydrogen) atoms. The summed E-state index contributed by atoms with van der Waals surface area (Å²) in [6.45, 7) is 2.40. The number of hydrogen-bond acceptors (Lipinski definition) is 12. The van der Waals surface area contributed by atoms with E-state index in [-0.39, 0.29) is 24.7 Å². The molecule has 16 heteroatoms. The van der Waals surface area contributed by atoms with Crippen molar-refractivity contribution in [3.05, 3.63) is 39.2 Å². The van der Waals surface area contributed by atoms with Crippen LogP contribution in [0.3, 0.4) is 0 Å². The molecule has 2 aromatic rings. The Balaban J connectivity index is 2.49. The quantitative estimate of drug-likeness (QED) is 0.187. The molecular formula is C17H21N4O11P. The molecule has 2 rings (SSSR count). The van der Waals surface area contributed by atoms with Crippen molar-refractivity contribution in [1.82, 2.24) is 15.0 Å². The molecule has 0 aliphatic heterocycles. The van der Waals surface area contributed by atoms with Crippen LogP contribution in [0.15, 0.2) is 12.1 Å². The Bertz CT molecular complexity index is 1090. The lowest BCUT2D eigenvalue weighted by atomic mass is 10.0. The number of phosphoric ester groups is 1. The average Bonchev–Trinajstić information content (AvgIpc) is 3.21. The van der Waals surface area contributed by atoms with Crippen molar-refractivity contribution in [2.24, 2.45) is 0 Å². The fraction of sp³-hybridized carbons (Fsp3) is 0.412. The number of phosphoric acid groups is 1. The maximum atomic E-state index is 13.1.